The molecule has 0 radical (unpaired) electrons. The first kappa shape index (κ1) is 17.7. The fourth-order valence-electron chi connectivity index (χ4n) is 2.41. The lowest BCUT2D eigenvalue weighted by Gasteiger charge is -2.10. The van der Waals surface area contributed by atoms with Crippen molar-refractivity contribution in [3.63, 3.8) is 0 Å². The van der Waals surface area contributed by atoms with E-state index in [1.165, 1.54) is 12.1 Å². The van der Waals surface area contributed by atoms with Crippen molar-refractivity contribution in [1.82, 2.24) is 9.55 Å². The molecule has 0 fully saturated rings. The Bertz CT molecular complexity index is 979. The van der Waals surface area contributed by atoms with Crippen molar-refractivity contribution in [2.75, 3.05) is 5.32 Å². The molecule has 0 saturated heterocycles. The Kier molecular flexibility index (Phi) is 5.22. The molecule has 0 aliphatic rings. The highest BCUT2D eigenvalue weighted by atomic mass is 35.5. The highest BCUT2D eigenvalue weighted by Gasteiger charge is 2.13. The fraction of sp³-hybridized carbons (Fsp3) is 0.0588. The number of hydrogen-bond donors (Lipinski definition) is 2. The molecular weight excluding hydrogens is 384 g/mol. The van der Waals surface area contributed by atoms with Gasteiger partial charge >= 0.3 is 0 Å². The Morgan fingerprint density at radius 3 is 2.56 bits per heavy atom. The number of hydrogen-bond acceptors (Lipinski definition) is 2. The zero-order chi connectivity index (χ0) is 18.0. The number of imidazole rings is 1. The first-order chi connectivity index (χ1) is 11.9. The third-order valence-electron chi connectivity index (χ3n) is 3.45. The summed E-state index contributed by atoms with van der Waals surface area (Å²) in [5.74, 6) is -0.871. The number of benzene rings is 2. The second kappa shape index (κ2) is 7.39. The van der Waals surface area contributed by atoms with Crippen molar-refractivity contribution in [2.24, 2.45) is 0 Å². The molecule has 3 aromatic rings. The van der Waals surface area contributed by atoms with E-state index >= 15 is 0 Å². The van der Waals surface area contributed by atoms with Gasteiger partial charge in [0.2, 0.25) is 5.91 Å². The third kappa shape index (κ3) is 4.10. The highest BCUT2D eigenvalue weighted by Crippen LogP contribution is 2.23. The van der Waals surface area contributed by atoms with Crippen LogP contribution < -0.4 is 5.32 Å². The molecule has 4 nitrogen and oxygen atoms in total. The van der Waals surface area contributed by atoms with E-state index < -0.39 is 5.82 Å². The van der Waals surface area contributed by atoms with Gasteiger partial charge in [0.1, 0.15) is 5.82 Å². The lowest BCUT2D eigenvalue weighted by atomic mass is 10.2. The predicted molar refractivity (Wildman–Crippen MR) is 99.7 cm³/mol. The molecule has 2 aromatic carbocycles. The first-order valence-electron chi connectivity index (χ1n) is 7.24. The average molecular weight is 396 g/mol. The number of nitrogens with zero attached hydrogens (tertiary/aromatic N) is 1. The van der Waals surface area contributed by atoms with Crippen molar-refractivity contribution < 1.29 is 9.18 Å². The molecule has 0 unspecified atom stereocenters. The average Bonchev–Trinajstić information content (AvgIpc) is 2.89. The Labute approximate surface area is 158 Å². The van der Waals surface area contributed by atoms with Gasteiger partial charge in [0.05, 0.1) is 23.5 Å². The van der Waals surface area contributed by atoms with Crippen LogP contribution in [0.4, 0.5) is 10.1 Å². The number of amides is 1. The normalized spacial score (nSPS) is 10.7. The van der Waals surface area contributed by atoms with Crippen molar-refractivity contribution in [3.8, 4) is 5.69 Å². The molecule has 8 heteroatoms. The van der Waals surface area contributed by atoms with Gasteiger partial charge < -0.3 is 10.3 Å². The zero-order valence-electron chi connectivity index (χ0n) is 12.7. The summed E-state index contributed by atoms with van der Waals surface area (Å²) in [7, 11) is 0. The summed E-state index contributed by atoms with van der Waals surface area (Å²) in [4.78, 5) is 15.2. The van der Waals surface area contributed by atoms with Crippen LogP contribution in [-0.4, -0.2) is 15.5 Å². The van der Waals surface area contributed by atoms with Crippen LogP contribution >= 0.6 is 35.4 Å². The monoisotopic (exact) mass is 395 g/mol. The predicted octanol–water partition coefficient (Wildman–Crippen LogP) is 5.16. The van der Waals surface area contributed by atoms with Gasteiger partial charge in [-0.1, -0.05) is 35.3 Å². The van der Waals surface area contributed by atoms with Crippen molar-refractivity contribution in [3.05, 3.63) is 75.0 Å². The topological polar surface area (TPSA) is 49.8 Å². The molecule has 128 valence electrons. The molecule has 2 N–H and O–H groups in total. The minimum Gasteiger partial charge on any atom is -0.337 e. The standard InChI is InChI=1S/C17H12Cl2FN3OS/c18-10-5-11(19)7-12(6-10)23-13(9-21-17(23)25)8-16(24)22-15-4-2-1-3-14(15)20/h1-7,9H,8H2,(H,21,25)(H,22,24). The largest absolute Gasteiger partial charge is 0.337 e. The van der Waals surface area contributed by atoms with Crippen LogP contribution in [0.25, 0.3) is 5.69 Å². The van der Waals surface area contributed by atoms with Crippen molar-refractivity contribution in [2.45, 2.75) is 6.42 Å². The minimum atomic E-state index is -0.497. The second-order valence-electron chi connectivity index (χ2n) is 5.25. The van der Waals surface area contributed by atoms with Gasteiger partial charge in [0.25, 0.3) is 0 Å². The molecule has 0 saturated carbocycles. The number of H-pyrrole nitrogens is 1. The number of carbonyl (C=O) groups is 1. The van der Waals surface area contributed by atoms with Crippen molar-refractivity contribution >= 4 is 47.0 Å². The lowest BCUT2D eigenvalue weighted by molar-refractivity contribution is -0.115. The maximum atomic E-state index is 13.7. The van der Waals surface area contributed by atoms with Crippen LogP contribution in [0.1, 0.15) is 5.69 Å². The minimum absolute atomic E-state index is 0.00833. The Hall–Kier alpha value is -2.15. The van der Waals surface area contributed by atoms with Gasteiger partial charge in [0, 0.05) is 16.2 Å². The van der Waals surface area contributed by atoms with Crippen LogP contribution in [0.3, 0.4) is 0 Å². The van der Waals surface area contributed by atoms with E-state index in [-0.39, 0.29) is 18.0 Å². The van der Waals surface area contributed by atoms with E-state index in [1.54, 1.807) is 41.1 Å². The number of aromatic amines is 1. The summed E-state index contributed by atoms with van der Waals surface area (Å²) >= 11 is 17.4. The maximum Gasteiger partial charge on any atom is 0.230 e. The molecule has 1 heterocycles. The smallest absolute Gasteiger partial charge is 0.230 e. The summed E-state index contributed by atoms with van der Waals surface area (Å²) in [6.07, 6.45) is 1.61. The van der Waals surface area contributed by atoms with Crippen LogP contribution in [0.15, 0.2) is 48.7 Å². The fourth-order valence-corrected chi connectivity index (χ4v) is 3.20. The zero-order valence-corrected chi connectivity index (χ0v) is 15.1. The van der Waals surface area contributed by atoms with Gasteiger partial charge in [-0.05, 0) is 42.5 Å². The van der Waals surface area contributed by atoms with Gasteiger partial charge in [0.15, 0.2) is 4.77 Å². The second-order valence-corrected chi connectivity index (χ2v) is 6.51. The van der Waals surface area contributed by atoms with E-state index in [4.69, 9.17) is 35.4 Å². The molecule has 1 aromatic heterocycles. The number of anilines is 1. The van der Waals surface area contributed by atoms with Crippen LogP contribution in [0.5, 0.6) is 0 Å². The Balaban J connectivity index is 1.88. The third-order valence-corrected chi connectivity index (χ3v) is 4.18. The summed E-state index contributed by atoms with van der Waals surface area (Å²) in [6.45, 7) is 0. The summed E-state index contributed by atoms with van der Waals surface area (Å²) in [6, 6.07) is 11.0. The maximum absolute atomic E-state index is 13.7. The summed E-state index contributed by atoms with van der Waals surface area (Å²) < 4.78 is 15.7. The number of nitrogens with one attached hydrogen (secondary N) is 2. The Morgan fingerprint density at radius 2 is 1.88 bits per heavy atom. The number of halogens is 3. The number of aromatic nitrogens is 2. The quantitative estimate of drug-likeness (QED) is 0.599. The van der Waals surface area contributed by atoms with Crippen LogP contribution in [0, 0.1) is 10.6 Å². The summed E-state index contributed by atoms with van der Waals surface area (Å²) in [5, 5.41) is 3.44. The van der Waals surface area contributed by atoms with Gasteiger partial charge in [-0.3, -0.25) is 9.36 Å². The lowest BCUT2D eigenvalue weighted by Crippen LogP contribution is -2.17. The molecule has 1 amide bonds. The van der Waals surface area contributed by atoms with E-state index in [0.717, 1.165) is 0 Å². The number of rotatable bonds is 4. The molecule has 0 aliphatic carbocycles. The molecule has 0 atom stereocenters. The van der Waals surface area contributed by atoms with Gasteiger partial charge in [-0.2, -0.15) is 0 Å². The molecular formula is C17H12Cl2FN3OS. The molecule has 0 bridgehead atoms. The number of para-hydroxylation sites is 1. The molecule has 0 spiro atoms. The molecule has 25 heavy (non-hydrogen) atoms. The SMILES string of the molecule is O=C(Cc1c[nH]c(=S)n1-c1cc(Cl)cc(Cl)c1)Nc1ccccc1F. The Morgan fingerprint density at radius 1 is 1.20 bits per heavy atom. The summed E-state index contributed by atoms with van der Waals surface area (Å²) in [5.41, 5.74) is 1.36. The van der Waals surface area contributed by atoms with E-state index in [9.17, 15) is 9.18 Å². The molecule has 0 aliphatic heterocycles. The van der Waals surface area contributed by atoms with Crippen LogP contribution in [-0.2, 0) is 11.2 Å². The van der Waals surface area contributed by atoms with Gasteiger partial charge in [-0.15, -0.1) is 0 Å². The van der Waals surface area contributed by atoms with E-state index in [2.05, 4.69) is 10.3 Å². The van der Waals surface area contributed by atoms with Crippen LogP contribution in [0.2, 0.25) is 10.0 Å². The van der Waals surface area contributed by atoms with E-state index in [0.29, 0.717) is 26.2 Å². The van der Waals surface area contributed by atoms with E-state index in [1.807, 2.05) is 0 Å². The van der Waals surface area contributed by atoms with Gasteiger partial charge in [-0.25, -0.2) is 4.39 Å². The number of carbonyl (C=O) groups excluding carboxylic acids is 1. The molecule has 3 rings (SSSR count). The van der Waals surface area contributed by atoms with Crippen molar-refractivity contribution in [1.29, 1.82) is 0 Å². The highest BCUT2D eigenvalue weighted by molar-refractivity contribution is 7.71. The first-order valence-corrected chi connectivity index (χ1v) is 8.40.